The van der Waals surface area contributed by atoms with Crippen LogP contribution in [0.4, 0.5) is 43.9 Å². The van der Waals surface area contributed by atoms with Crippen LogP contribution in [0, 0.1) is 0 Å². The Hall–Kier alpha value is -0.740. The topological polar surface area (TPSA) is 9.23 Å². The van der Waals surface area contributed by atoms with Crippen LogP contribution in [-0.2, 0) is 4.74 Å². The van der Waals surface area contributed by atoms with Crippen molar-refractivity contribution in [2.75, 3.05) is 6.67 Å². The maximum atomic E-state index is 12.0. The Morgan fingerprint density at radius 1 is 0.750 bits per heavy atom. The van der Waals surface area contributed by atoms with E-state index in [0.717, 1.165) is 0 Å². The van der Waals surface area contributed by atoms with E-state index in [-0.39, 0.29) is 0 Å². The molecule has 11 heteroatoms. The Labute approximate surface area is 81.0 Å². The summed E-state index contributed by atoms with van der Waals surface area (Å²) in [7, 11) is 0. The summed E-state index contributed by atoms with van der Waals surface area (Å²) in [6.07, 6.45) is -18.8. The van der Waals surface area contributed by atoms with E-state index < -0.39 is 31.0 Å². The van der Waals surface area contributed by atoms with Gasteiger partial charge in [-0.3, -0.25) is 0 Å². The van der Waals surface area contributed by atoms with Gasteiger partial charge in [0.1, 0.15) is 0 Å². The first-order valence-corrected chi connectivity index (χ1v) is 3.23. The van der Waals surface area contributed by atoms with Crippen LogP contribution in [0.3, 0.4) is 0 Å². The number of alkyl halides is 10. The molecule has 0 aliphatic heterocycles. The maximum Gasteiger partial charge on any atom is 0.462 e. The summed E-state index contributed by atoms with van der Waals surface area (Å²) in [6, 6.07) is 0. The molecule has 0 atom stereocenters. The second-order valence-electron chi connectivity index (χ2n) is 2.46. The Morgan fingerprint density at radius 2 is 1.12 bits per heavy atom. The molecule has 0 aromatic heterocycles. The van der Waals surface area contributed by atoms with Crippen molar-refractivity contribution in [1.29, 1.82) is 0 Å². The van der Waals surface area contributed by atoms with Crippen molar-refractivity contribution in [2.45, 2.75) is 24.3 Å². The number of hydrogen-bond donors (Lipinski definition) is 0. The monoisotopic (exact) mass is 268 g/mol. The molecule has 0 aliphatic carbocycles. The van der Waals surface area contributed by atoms with Gasteiger partial charge in [-0.25, -0.2) is 9.13 Å². The molecule has 0 radical (unpaired) electrons. The standard InChI is InChI=1S/C5H2F10O/c6-1-2(7,8)16-5(14,15)3(9,10)4(11,12)13/h1H2. The normalized spacial score (nSPS) is 15.4. The second-order valence-corrected chi connectivity index (χ2v) is 2.46. The third-order valence-electron chi connectivity index (χ3n) is 1.15. The van der Waals surface area contributed by atoms with Gasteiger partial charge in [-0.15, -0.1) is 0 Å². The van der Waals surface area contributed by atoms with Gasteiger partial charge in [0.2, 0.25) is 0 Å². The smallest absolute Gasteiger partial charge is 0.248 e. The van der Waals surface area contributed by atoms with Crippen LogP contribution >= 0.6 is 0 Å². The molecule has 0 aliphatic rings. The molecule has 0 fully saturated rings. The van der Waals surface area contributed by atoms with Crippen LogP contribution in [0.2, 0.25) is 0 Å². The Bertz CT molecular complexity index is 242. The summed E-state index contributed by atoms with van der Waals surface area (Å²) in [5.74, 6) is -6.86. The lowest BCUT2D eigenvalue weighted by Gasteiger charge is -2.29. The van der Waals surface area contributed by atoms with Crippen LogP contribution in [0.5, 0.6) is 0 Å². The summed E-state index contributed by atoms with van der Waals surface area (Å²) in [6.45, 7) is -2.98. The van der Waals surface area contributed by atoms with Crippen molar-refractivity contribution in [3.05, 3.63) is 0 Å². The minimum atomic E-state index is -6.86. The second kappa shape index (κ2) is 3.93. The van der Waals surface area contributed by atoms with Crippen LogP contribution in [0.1, 0.15) is 0 Å². The molecule has 0 aromatic rings. The summed E-state index contributed by atoms with van der Waals surface area (Å²) < 4.78 is 119. The summed E-state index contributed by atoms with van der Waals surface area (Å²) >= 11 is 0. The fourth-order valence-corrected chi connectivity index (χ4v) is 0.444. The number of halogens is 10. The van der Waals surface area contributed by atoms with E-state index in [1.165, 1.54) is 0 Å². The van der Waals surface area contributed by atoms with Gasteiger partial charge in [-0.05, 0) is 0 Å². The van der Waals surface area contributed by atoms with E-state index in [0.29, 0.717) is 0 Å². The van der Waals surface area contributed by atoms with E-state index in [9.17, 15) is 43.9 Å². The van der Waals surface area contributed by atoms with Gasteiger partial charge in [-0.1, -0.05) is 0 Å². The van der Waals surface area contributed by atoms with Gasteiger partial charge in [0.15, 0.2) is 6.67 Å². The highest BCUT2D eigenvalue weighted by molar-refractivity contribution is 4.85. The highest BCUT2D eigenvalue weighted by Gasteiger charge is 2.76. The lowest BCUT2D eigenvalue weighted by Crippen LogP contribution is -2.55. The molecule has 98 valence electrons. The van der Waals surface area contributed by atoms with Gasteiger partial charge in [-0.2, -0.15) is 39.5 Å². The predicted octanol–water partition coefficient (Wildman–Crippen LogP) is 3.36. The summed E-state index contributed by atoms with van der Waals surface area (Å²) in [5, 5.41) is 0. The van der Waals surface area contributed by atoms with Crippen LogP contribution in [-0.4, -0.2) is 31.0 Å². The first kappa shape index (κ1) is 15.3. The molecule has 0 saturated carbocycles. The molecular weight excluding hydrogens is 266 g/mol. The van der Waals surface area contributed by atoms with E-state index in [1.54, 1.807) is 0 Å². The predicted molar refractivity (Wildman–Crippen MR) is 28.0 cm³/mol. The Balaban J connectivity index is 5.07. The van der Waals surface area contributed by atoms with Crippen molar-refractivity contribution in [3.8, 4) is 0 Å². The quantitative estimate of drug-likeness (QED) is 0.710. The first-order valence-electron chi connectivity index (χ1n) is 3.23. The van der Waals surface area contributed by atoms with Crippen molar-refractivity contribution in [2.24, 2.45) is 0 Å². The molecule has 0 heterocycles. The largest absolute Gasteiger partial charge is 0.462 e. The number of ether oxygens (including phenoxy) is 1. The zero-order valence-electron chi connectivity index (χ0n) is 6.89. The molecule has 0 rings (SSSR count). The fraction of sp³-hybridized carbons (Fsp3) is 1.00. The Morgan fingerprint density at radius 3 is 1.38 bits per heavy atom. The fourth-order valence-electron chi connectivity index (χ4n) is 0.444. The third-order valence-corrected chi connectivity index (χ3v) is 1.15. The SMILES string of the molecule is FCC(F)(F)OC(F)(F)C(F)(F)C(F)(F)F. The van der Waals surface area contributed by atoms with Gasteiger partial charge in [0, 0.05) is 0 Å². The van der Waals surface area contributed by atoms with Gasteiger partial charge in [0.25, 0.3) is 0 Å². The molecule has 0 spiro atoms. The van der Waals surface area contributed by atoms with Gasteiger partial charge in [0.05, 0.1) is 0 Å². The van der Waals surface area contributed by atoms with Gasteiger partial charge >= 0.3 is 24.3 Å². The van der Waals surface area contributed by atoms with E-state index in [2.05, 4.69) is 0 Å². The minimum absolute atomic E-state index is 1.85. The lowest BCUT2D eigenvalue weighted by atomic mass is 10.3. The summed E-state index contributed by atoms with van der Waals surface area (Å²) in [4.78, 5) is 0. The third kappa shape index (κ3) is 2.89. The molecule has 0 amide bonds. The highest BCUT2D eigenvalue weighted by atomic mass is 19.4. The first-order chi connectivity index (χ1) is 6.77. The average Bonchev–Trinajstić information content (AvgIpc) is 2.00. The van der Waals surface area contributed by atoms with Gasteiger partial charge < -0.3 is 0 Å². The average molecular weight is 268 g/mol. The highest BCUT2D eigenvalue weighted by Crippen LogP contribution is 2.48. The lowest BCUT2D eigenvalue weighted by molar-refractivity contribution is -0.472. The molecule has 16 heavy (non-hydrogen) atoms. The van der Waals surface area contributed by atoms with Crippen molar-refractivity contribution >= 4 is 0 Å². The summed E-state index contributed by atoms with van der Waals surface area (Å²) in [5.41, 5.74) is 0. The van der Waals surface area contributed by atoms with E-state index in [4.69, 9.17) is 0 Å². The van der Waals surface area contributed by atoms with Crippen molar-refractivity contribution in [1.82, 2.24) is 0 Å². The minimum Gasteiger partial charge on any atom is -0.248 e. The molecular formula is C5H2F10O. The van der Waals surface area contributed by atoms with E-state index in [1.807, 2.05) is 4.74 Å². The zero-order chi connectivity index (χ0) is 13.4. The zero-order valence-corrected chi connectivity index (χ0v) is 6.89. The molecule has 0 N–H and O–H groups in total. The van der Waals surface area contributed by atoms with Crippen molar-refractivity contribution < 1.29 is 48.6 Å². The van der Waals surface area contributed by atoms with E-state index >= 15 is 0 Å². The molecule has 0 aromatic carbocycles. The van der Waals surface area contributed by atoms with Crippen LogP contribution in [0.15, 0.2) is 0 Å². The molecule has 1 nitrogen and oxygen atoms in total. The molecule has 0 bridgehead atoms. The van der Waals surface area contributed by atoms with Crippen LogP contribution < -0.4 is 0 Å². The van der Waals surface area contributed by atoms with Crippen LogP contribution in [0.25, 0.3) is 0 Å². The number of rotatable bonds is 4. The maximum absolute atomic E-state index is 12.0. The Kier molecular flexibility index (Phi) is 3.75. The molecule has 0 saturated heterocycles. The number of hydrogen-bond acceptors (Lipinski definition) is 1. The van der Waals surface area contributed by atoms with Crippen molar-refractivity contribution in [3.63, 3.8) is 0 Å². The molecule has 0 unspecified atom stereocenters.